The lowest BCUT2D eigenvalue weighted by Crippen LogP contribution is -2.11. The number of nitrogens with zero attached hydrogens (tertiary/aromatic N) is 1. The van der Waals surface area contributed by atoms with Crippen molar-refractivity contribution in [2.45, 2.75) is 6.54 Å². The van der Waals surface area contributed by atoms with Crippen molar-refractivity contribution in [3.8, 4) is 0 Å². The number of benzene rings is 1. The average molecular weight is 283 g/mol. The Morgan fingerprint density at radius 2 is 2.15 bits per heavy atom. The van der Waals surface area contributed by atoms with Gasteiger partial charge in [-0.3, -0.25) is 0 Å². The number of hydrogen-bond donors (Lipinski definition) is 2. The van der Waals surface area contributed by atoms with Crippen LogP contribution in [0.2, 0.25) is 0 Å². The van der Waals surface area contributed by atoms with Gasteiger partial charge in [0.15, 0.2) is 0 Å². The van der Waals surface area contributed by atoms with Crippen molar-refractivity contribution in [3.05, 3.63) is 60.1 Å². The first-order valence-corrected chi connectivity index (χ1v) is 6.59. The molecular formula is C15H13N3OS. The molecular weight excluding hydrogens is 270 g/mol. The molecule has 0 amide bonds. The molecule has 0 atom stereocenters. The first-order valence-electron chi connectivity index (χ1n) is 6.18. The van der Waals surface area contributed by atoms with Gasteiger partial charge in [-0.05, 0) is 18.2 Å². The molecule has 2 heterocycles. The lowest BCUT2D eigenvalue weighted by Gasteiger charge is -2.09. The molecule has 100 valence electrons. The van der Waals surface area contributed by atoms with E-state index in [0.717, 1.165) is 27.8 Å². The van der Waals surface area contributed by atoms with Crippen LogP contribution >= 0.6 is 12.2 Å². The highest BCUT2D eigenvalue weighted by Gasteiger charge is 2.07. The van der Waals surface area contributed by atoms with Crippen LogP contribution in [0, 0.1) is 0 Å². The number of pyridine rings is 1. The van der Waals surface area contributed by atoms with Crippen molar-refractivity contribution < 1.29 is 4.42 Å². The van der Waals surface area contributed by atoms with E-state index >= 15 is 0 Å². The Kier molecular flexibility index (Phi) is 3.35. The normalized spacial score (nSPS) is 10.6. The van der Waals surface area contributed by atoms with E-state index in [1.54, 1.807) is 12.5 Å². The highest BCUT2D eigenvalue weighted by atomic mass is 32.1. The van der Waals surface area contributed by atoms with Crippen LogP contribution in [0.15, 0.2) is 53.3 Å². The maximum atomic E-state index is 5.80. The number of anilines is 1. The van der Waals surface area contributed by atoms with Gasteiger partial charge in [0, 0.05) is 23.1 Å². The van der Waals surface area contributed by atoms with Crippen molar-refractivity contribution in [2.75, 3.05) is 5.32 Å². The molecule has 0 aliphatic carbocycles. The summed E-state index contributed by atoms with van der Waals surface area (Å²) in [5, 5.41) is 4.21. The predicted octanol–water partition coefficient (Wildman–Crippen LogP) is 3.07. The zero-order valence-electron chi connectivity index (χ0n) is 10.7. The molecule has 1 aromatic carbocycles. The molecule has 3 rings (SSSR count). The van der Waals surface area contributed by atoms with Crippen LogP contribution in [-0.4, -0.2) is 9.97 Å². The van der Waals surface area contributed by atoms with Crippen LogP contribution in [0.5, 0.6) is 0 Å². The zero-order chi connectivity index (χ0) is 13.9. The number of hydrogen-bond acceptors (Lipinski definition) is 4. The van der Waals surface area contributed by atoms with Crippen molar-refractivity contribution >= 4 is 33.9 Å². The molecule has 0 unspecified atom stereocenters. The van der Waals surface area contributed by atoms with Crippen molar-refractivity contribution in [1.82, 2.24) is 4.98 Å². The van der Waals surface area contributed by atoms with Gasteiger partial charge in [0.1, 0.15) is 10.8 Å². The number of para-hydroxylation sites is 1. The van der Waals surface area contributed by atoms with Crippen LogP contribution in [-0.2, 0) is 6.54 Å². The smallest absolute Gasteiger partial charge is 0.127 e. The first-order chi connectivity index (χ1) is 9.74. The van der Waals surface area contributed by atoms with E-state index in [1.165, 1.54) is 0 Å². The minimum Gasteiger partial charge on any atom is -0.472 e. The Morgan fingerprint density at radius 3 is 2.90 bits per heavy atom. The highest BCUT2D eigenvalue weighted by molar-refractivity contribution is 7.80. The molecule has 0 saturated carbocycles. The largest absolute Gasteiger partial charge is 0.472 e. The number of nitrogens with two attached hydrogens (primary N) is 1. The van der Waals surface area contributed by atoms with Gasteiger partial charge < -0.3 is 15.5 Å². The summed E-state index contributed by atoms with van der Waals surface area (Å²) in [6.45, 7) is 0.638. The van der Waals surface area contributed by atoms with E-state index in [-0.39, 0.29) is 0 Å². The molecule has 2 aromatic heterocycles. The first kappa shape index (κ1) is 12.6. The van der Waals surface area contributed by atoms with Gasteiger partial charge in [0.05, 0.1) is 18.0 Å². The van der Waals surface area contributed by atoms with Crippen LogP contribution in [0.25, 0.3) is 10.9 Å². The lowest BCUT2D eigenvalue weighted by molar-refractivity contribution is 0.564. The number of aromatic nitrogens is 1. The van der Waals surface area contributed by atoms with Crippen LogP contribution in [0.1, 0.15) is 11.1 Å². The summed E-state index contributed by atoms with van der Waals surface area (Å²) in [5.74, 6) is 0.743. The van der Waals surface area contributed by atoms with E-state index in [4.69, 9.17) is 22.4 Å². The quantitative estimate of drug-likeness (QED) is 0.720. The molecule has 0 radical (unpaired) electrons. The van der Waals surface area contributed by atoms with E-state index in [9.17, 15) is 0 Å². The van der Waals surface area contributed by atoms with E-state index in [0.29, 0.717) is 11.5 Å². The van der Waals surface area contributed by atoms with Gasteiger partial charge in [-0.2, -0.15) is 0 Å². The fourth-order valence-electron chi connectivity index (χ4n) is 2.06. The Hall–Kier alpha value is -2.40. The topological polar surface area (TPSA) is 64.1 Å². The second kappa shape index (κ2) is 5.30. The molecule has 0 aliphatic rings. The average Bonchev–Trinajstić information content (AvgIpc) is 2.97. The fraction of sp³-hybridized carbons (Fsp3) is 0.0667. The molecule has 0 bridgehead atoms. The van der Waals surface area contributed by atoms with Gasteiger partial charge in [-0.1, -0.05) is 30.4 Å². The Balaban J connectivity index is 1.97. The highest BCUT2D eigenvalue weighted by Crippen LogP contribution is 2.21. The number of rotatable bonds is 4. The third-order valence-corrected chi connectivity index (χ3v) is 3.26. The number of fused-ring (bicyclic) bond motifs is 1. The van der Waals surface area contributed by atoms with E-state index in [1.807, 2.05) is 36.4 Å². The SMILES string of the molecule is NC(=S)c1cc(NCc2ccoc2)nc2ccccc12. The molecule has 0 fully saturated rings. The Labute approximate surface area is 121 Å². The minimum atomic E-state index is 0.370. The van der Waals surface area contributed by atoms with Crippen LogP contribution in [0.3, 0.4) is 0 Å². The summed E-state index contributed by atoms with van der Waals surface area (Å²) < 4.78 is 5.03. The molecule has 3 aromatic rings. The molecule has 4 nitrogen and oxygen atoms in total. The van der Waals surface area contributed by atoms with Gasteiger partial charge in [-0.25, -0.2) is 4.98 Å². The van der Waals surface area contributed by atoms with Gasteiger partial charge in [0.2, 0.25) is 0 Å². The summed E-state index contributed by atoms with van der Waals surface area (Å²) in [4.78, 5) is 4.93. The molecule has 3 N–H and O–H groups in total. The zero-order valence-corrected chi connectivity index (χ0v) is 11.5. The summed E-state index contributed by atoms with van der Waals surface area (Å²) in [7, 11) is 0. The second-order valence-corrected chi connectivity index (χ2v) is 4.86. The maximum Gasteiger partial charge on any atom is 0.127 e. The van der Waals surface area contributed by atoms with E-state index in [2.05, 4.69) is 10.3 Å². The van der Waals surface area contributed by atoms with E-state index < -0.39 is 0 Å². The second-order valence-electron chi connectivity index (χ2n) is 4.42. The Bertz CT molecular complexity index is 753. The van der Waals surface area contributed by atoms with Crippen molar-refractivity contribution in [2.24, 2.45) is 5.73 Å². The Morgan fingerprint density at radius 1 is 1.30 bits per heavy atom. The maximum absolute atomic E-state index is 5.80. The summed E-state index contributed by atoms with van der Waals surface area (Å²) in [6.07, 6.45) is 3.34. The van der Waals surface area contributed by atoms with Crippen LogP contribution in [0.4, 0.5) is 5.82 Å². The molecule has 0 aliphatic heterocycles. The van der Waals surface area contributed by atoms with Gasteiger partial charge >= 0.3 is 0 Å². The monoisotopic (exact) mass is 283 g/mol. The van der Waals surface area contributed by atoms with Crippen molar-refractivity contribution in [3.63, 3.8) is 0 Å². The number of furan rings is 1. The number of nitrogens with one attached hydrogen (secondary N) is 1. The lowest BCUT2D eigenvalue weighted by atomic mass is 10.1. The summed E-state index contributed by atoms with van der Waals surface area (Å²) in [6, 6.07) is 11.6. The van der Waals surface area contributed by atoms with Gasteiger partial charge in [-0.15, -0.1) is 0 Å². The number of thiocarbonyl (C=S) groups is 1. The van der Waals surface area contributed by atoms with Crippen molar-refractivity contribution in [1.29, 1.82) is 0 Å². The predicted molar refractivity (Wildman–Crippen MR) is 83.7 cm³/mol. The van der Waals surface area contributed by atoms with Gasteiger partial charge in [0.25, 0.3) is 0 Å². The van der Waals surface area contributed by atoms with Crippen LogP contribution < -0.4 is 11.1 Å². The molecule has 5 heteroatoms. The third-order valence-electron chi connectivity index (χ3n) is 3.04. The molecule has 0 spiro atoms. The fourth-order valence-corrected chi connectivity index (χ4v) is 2.22. The minimum absolute atomic E-state index is 0.370. The molecule has 0 saturated heterocycles. The summed E-state index contributed by atoms with van der Waals surface area (Å²) in [5.41, 5.74) is 8.55. The standard InChI is InChI=1S/C15H13N3OS/c16-15(20)12-7-14(17-8-10-5-6-19-9-10)18-13-4-2-1-3-11(12)13/h1-7,9H,8H2,(H2,16,20)(H,17,18). The molecule has 20 heavy (non-hydrogen) atoms. The third kappa shape index (κ3) is 2.48. The summed E-state index contributed by atoms with van der Waals surface area (Å²) >= 11 is 5.12.